The van der Waals surface area contributed by atoms with E-state index in [0.29, 0.717) is 0 Å². The third kappa shape index (κ3) is 2.18. The number of aromatic nitrogens is 1. The second kappa shape index (κ2) is 3.90. The average Bonchev–Trinajstić information content (AvgIpc) is 2.69. The van der Waals surface area contributed by atoms with Gasteiger partial charge in [-0.25, -0.2) is 0 Å². The van der Waals surface area contributed by atoms with E-state index in [0.717, 1.165) is 24.3 Å². The van der Waals surface area contributed by atoms with Gasteiger partial charge in [-0.3, -0.25) is 4.98 Å². The van der Waals surface area contributed by atoms with Crippen molar-refractivity contribution in [2.75, 3.05) is 0 Å². The fraction of sp³-hybridized carbons (Fsp3) is 0.182. The van der Waals surface area contributed by atoms with Gasteiger partial charge < -0.3 is 4.42 Å². The van der Waals surface area contributed by atoms with Crippen molar-refractivity contribution >= 4 is 0 Å². The van der Waals surface area contributed by atoms with Gasteiger partial charge in [0.05, 0.1) is 6.26 Å². The summed E-state index contributed by atoms with van der Waals surface area (Å²) in [6.07, 6.45) is 5.38. The summed E-state index contributed by atoms with van der Waals surface area (Å²) in [6.45, 7) is 0. The first kappa shape index (κ1) is 8.05. The average molecular weight is 173 g/mol. The lowest BCUT2D eigenvalue weighted by Crippen LogP contribution is -1.91. The minimum Gasteiger partial charge on any atom is -0.469 e. The van der Waals surface area contributed by atoms with Crippen molar-refractivity contribution in [2.24, 2.45) is 0 Å². The molecule has 0 aliphatic rings. The molecule has 0 N–H and O–H groups in total. The molecule has 0 atom stereocenters. The van der Waals surface area contributed by atoms with Gasteiger partial charge in [-0.1, -0.05) is 6.07 Å². The van der Waals surface area contributed by atoms with E-state index in [9.17, 15) is 0 Å². The highest BCUT2D eigenvalue weighted by Gasteiger charge is 1.97. The zero-order chi connectivity index (χ0) is 8.93. The summed E-state index contributed by atoms with van der Waals surface area (Å²) in [5, 5.41) is 0. The molecule has 0 aliphatic heterocycles. The van der Waals surface area contributed by atoms with Crippen LogP contribution in [0.4, 0.5) is 0 Å². The van der Waals surface area contributed by atoms with E-state index < -0.39 is 0 Å². The van der Waals surface area contributed by atoms with Crippen LogP contribution in [0.1, 0.15) is 11.5 Å². The zero-order valence-electron chi connectivity index (χ0n) is 7.31. The van der Waals surface area contributed by atoms with Crippen LogP contribution in [0.5, 0.6) is 0 Å². The molecule has 0 amide bonds. The Labute approximate surface area is 77.2 Å². The van der Waals surface area contributed by atoms with Gasteiger partial charge in [-0.2, -0.15) is 0 Å². The highest BCUT2D eigenvalue weighted by atomic mass is 16.3. The molecule has 0 bridgehead atoms. The number of aryl methyl sites for hydroxylation is 2. The van der Waals surface area contributed by atoms with Crippen LogP contribution in [-0.4, -0.2) is 4.98 Å². The van der Waals surface area contributed by atoms with Gasteiger partial charge in [0.25, 0.3) is 0 Å². The normalized spacial score (nSPS) is 10.2. The van der Waals surface area contributed by atoms with Gasteiger partial charge in [0, 0.05) is 18.3 Å². The Kier molecular flexibility index (Phi) is 2.41. The largest absolute Gasteiger partial charge is 0.469 e. The summed E-state index contributed by atoms with van der Waals surface area (Å²) < 4.78 is 5.23. The highest BCUT2D eigenvalue weighted by molar-refractivity contribution is 5.06. The molecule has 2 rings (SSSR count). The summed E-state index contributed by atoms with van der Waals surface area (Å²) in [5.41, 5.74) is 1.11. The fourth-order valence-electron chi connectivity index (χ4n) is 1.25. The molecule has 0 saturated heterocycles. The Morgan fingerprint density at radius 3 is 2.77 bits per heavy atom. The van der Waals surface area contributed by atoms with Gasteiger partial charge in [0.2, 0.25) is 0 Å². The van der Waals surface area contributed by atoms with Gasteiger partial charge >= 0.3 is 0 Å². The lowest BCUT2D eigenvalue weighted by molar-refractivity contribution is 0.507. The van der Waals surface area contributed by atoms with Gasteiger partial charge in [-0.15, -0.1) is 0 Å². The number of nitrogens with zero attached hydrogens (tertiary/aromatic N) is 1. The molecular formula is C11H11NO. The van der Waals surface area contributed by atoms with E-state index >= 15 is 0 Å². The lowest BCUT2D eigenvalue weighted by atomic mass is 10.2. The molecule has 0 spiro atoms. The van der Waals surface area contributed by atoms with E-state index in [1.54, 1.807) is 6.26 Å². The van der Waals surface area contributed by atoms with E-state index in [1.807, 2.05) is 36.5 Å². The second-order valence-electron chi connectivity index (χ2n) is 2.90. The Morgan fingerprint density at radius 1 is 1.08 bits per heavy atom. The number of pyridine rings is 1. The molecule has 2 aromatic heterocycles. The minimum atomic E-state index is 0.921. The summed E-state index contributed by atoms with van der Waals surface area (Å²) >= 11 is 0. The first-order valence-electron chi connectivity index (χ1n) is 4.37. The first-order chi connectivity index (χ1) is 6.45. The minimum absolute atomic E-state index is 0.921. The van der Waals surface area contributed by atoms with Crippen molar-refractivity contribution in [3.63, 3.8) is 0 Å². The smallest absolute Gasteiger partial charge is 0.104 e. The quantitative estimate of drug-likeness (QED) is 0.712. The summed E-state index contributed by atoms with van der Waals surface area (Å²) in [4.78, 5) is 4.24. The van der Waals surface area contributed by atoms with Crippen molar-refractivity contribution in [2.45, 2.75) is 12.8 Å². The van der Waals surface area contributed by atoms with Crippen LogP contribution in [0, 0.1) is 0 Å². The summed E-state index contributed by atoms with van der Waals surface area (Å²) in [7, 11) is 0. The zero-order valence-corrected chi connectivity index (χ0v) is 7.31. The van der Waals surface area contributed by atoms with Crippen LogP contribution in [0.2, 0.25) is 0 Å². The Balaban J connectivity index is 1.94. The van der Waals surface area contributed by atoms with Crippen molar-refractivity contribution < 1.29 is 4.42 Å². The lowest BCUT2D eigenvalue weighted by Gasteiger charge is -1.96. The number of hydrogen-bond acceptors (Lipinski definition) is 2. The number of hydrogen-bond donors (Lipinski definition) is 0. The number of furan rings is 1. The molecule has 0 aliphatic carbocycles. The molecule has 2 aromatic rings. The molecule has 0 fully saturated rings. The van der Waals surface area contributed by atoms with Gasteiger partial charge in [0.1, 0.15) is 5.76 Å². The first-order valence-corrected chi connectivity index (χ1v) is 4.37. The molecule has 66 valence electrons. The molecule has 0 radical (unpaired) electrons. The SMILES string of the molecule is c1ccc(CCc2ccco2)nc1. The van der Waals surface area contributed by atoms with Gasteiger partial charge in [0.15, 0.2) is 0 Å². The van der Waals surface area contributed by atoms with Crippen LogP contribution in [0.15, 0.2) is 47.2 Å². The van der Waals surface area contributed by atoms with Crippen LogP contribution in [0.25, 0.3) is 0 Å². The third-order valence-electron chi connectivity index (χ3n) is 1.93. The molecule has 13 heavy (non-hydrogen) atoms. The fourth-order valence-corrected chi connectivity index (χ4v) is 1.25. The summed E-state index contributed by atoms with van der Waals surface area (Å²) in [5.74, 6) is 1.02. The summed E-state index contributed by atoms with van der Waals surface area (Å²) in [6, 6.07) is 9.86. The molecular weight excluding hydrogens is 162 g/mol. The van der Waals surface area contributed by atoms with E-state index in [2.05, 4.69) is 4.98 Å². The van der Waals surface area contributed by atoms with Crippen LogP contribution in [-0.2, 0) is 12.8 Å². The molecule has 2 heterocycles. The van der Waals surface area contributed by atoms with Crippen LogP contribution < -0.4 is 0 Å². The topological polar surface area (TPSA) is 26.0 Å². The van der Waals surface area contributed by atoms with E-state index in [4.69, 9.17) is 4.42 Å². The standard InChI is InChI=1S/C11H11NO/c1-2-8-12-10(4-1)6-7-11-5-3-9-13-11/h1-5,8-9H,6-7H2. The highest BCUT2D eigenvalue weighted by Crippen LogP contribution is 2.05. The van der Waals surface area contributed by atoms with Crippen molar-refractivity contribution in [3.8, 4) is 0 Å². The molecule has 0 aromatic carbocycles. The van der Waals surface area contributed by atoms with Crippen LogP contribution >= 0.6 is 0 Å². The van der Waals surface area contributed by atoms with Gasteiger partial charge in [-0.05, 0) is 30.7 Å². The Morgan fingerprint density at radius 2 is 2.08 bits per heavy atom. The molecule has 2 heteroatoms. The predicted molar refractivity (Wildman–Crippen MR) is 50.4 cm³/mol. The number of rotatable bonds is 3. The molecule has 0 saturated carbocycles. The second-order valence-corrected chi connectivity index (χ2v) is 2.90. The monoisotopic (exact) mass is 173 g/mol. The Hall–Kier alpha value is -1.57. The van der Waals surface area contributed by atoms with Crippen molar-refractivity contribution in [1.82, 2.24) is 4.98 Å². The maximum atomic E-state index is 5.23. The van der Waals surface area contributed by atoms with E-state index in [-0.39, 0.29) is 0 Å². The van der Waals surface area contributed by atoms with Crippen molar-refractivity contribution in [1.29, 1.82) is 0 Å². The van der Waals surface area contributed by atoms with Crippen molar-refractivity contribution in [3.05, 3.63) is 54.2 Å². The molecule has 2 nitrogen and oxygen atoms in total. The predicted octanol–water partition coefficient (Wildman–Crippen LogP) is 2.46. The maximum absolute atomic E-state index is 5.23. The van der Waals surface area contributed by atoms with Crippen LogP contribution in [0.3, 0.4) is 0 Å². The maximum Gasteiger partial charge on any atom is 0.104 e. The van der Waals surface area contributed by atoms with E-state index in [1.165, 1.54) is 0 Å². The Bertz CT molecular complexity index is 340. The third-order valence-corrected chi connectivity index (χ3v) is 1.93. The molecule has 0 unspecified atom stereocenters.